The van der Waals surface area contributed by atoms with Gasteiger partial charge >= 0.3 is 17.7 Å². The van der Waals surface area contributed by atoms with E-state index in [0.717, 1.165) is 14.8 Å². The number of methoxy groups -OCH3 is 1. The van der Waals surface area contributed by atoms with Crippen molar-refractivity contribution in [1.82, 2.24) is 14.3 Å². The third-order valence-electron chi connectivity index (χ3n) is 3.48. The van der Waals surface area contributed by atoms with Crippen molar-refractivity contribution in [1.29, 1.82) is 0 Å². The Morgan fingerprint density at radius 3 is 2.55 bits per heavy atom. The minimum absolute atomic E-state index is 0.186. The molecule has 3 rings (SSSR count). The van der Waals surface area contributed by atoms with Crippen LogP contribution in [0.15, 0.2) is 29.1 Å². The maximum absolute atomic E-state index is 12.4. The van der Waals surface area contributed by atoms with Gasteiger partial charge in [0.25, 0.3) is 0 Å². The maximum atomic E-state index is 12.4. The first kappa shape index (κ1) is 14.1. The van der Waals surface area contributed by atoms with Crippen LogP contribution in [0.2, 0.25) is 0 Å². The van der Waals surface area contributed by atoms with E-state index in [1.807, 2.05) is 31.2 Å². The van der Waals surface area contributed by atoms with E-state index in [4.69, 9.17) is 0 Å². The Hall–Kier alpha value is -2.90. The second-order valence-electron chi connectivity index (χ2n) is 4.97. The third-order valence-corrected chi connectivity index (χ3v) is 3.48. The minimum Gasteiger partial charge on any atom is -0.468 e. The highest BCUT2D eigenvalue weighted by molar-refractivity contribution is 5.96. The fraction of sp³-hybridized carbons (Fsp3) is 0.286. The van der Waals surface area contributed by atoms with Crippen LogP contribution < -0.4 is 10.6 Å². The van der Waals surface area contributed by atoms with Crippen molar-refractivity contribution >= 4 is 17.7 Å². The van der Waals surface area contributed by atoms with E-state index in [-0.39, 0.29) is 13.1 Å². The largest absolute Gasteiger partial charge is 0.468 e. The van der Waals surface area contributed by atoms with Crippen molar-refractivity contribution in [2.45, 2.75) is 20.0 Å². The third kappa shape index (κ3) is 2.18. The van der Waals surface area contributed by atoms with Crippen molar-refractivity contribution in [2.24, 2.45) is 0 Å². The number of benzene rings is 1. The molecule has 2 aromatic rings. The summed E-state index contributed by atoms with van der Waals surface area (Å²) < 4.78 is 6.41. The van der Waals surface area contributed by atoms with Gasteiger partial charge in [-0.05, 0) is 19.1 Å². The zero-order chi connectivity index (χ0) is 15.9. The zero-order valence-electron chi connectivity index (χ0n) is 12.1. The Bertz CT molecular complexity index is 803. The lowest BCUT2D eigenvalue weighted by Crippen LogP contribution is -2.35. The summed E-state index contributed by atoms with van der Waals surface area (Å²) in [5.74, 6) is -0.291. The molecule has 1 aliphatic heterocycles. The molecule has 0 bridgehead atoms. The molecule has 0 saturated heterocycles. The van der Waals surface area contributed by atoms with E-state index in [1.54, 1.807) is 0 Å². The summed E-state index contributed by atoms with van der Waals surface area (Å²) in [6, 6.07) is 6.93. The maximum Gasteiger partial charge on any atom is 0.354 e. The number of hydrogen-bond donors (Lipinski definition) is 0. The molecule has 0 N–H and O–H groups in total. The molecule has 1 aromatic carbocycles. The fourth-order valence-corrected chi connectivity index (χ4v) is 2.29. The Morgan fingerprint density at radius 2 is 1.95 bits per heavy atom. The first-order chi connectivity index (χ1) is 10.5. The molecule has 0 unspecified atom stereocenters. The number of carbonyl (C=O) groups is 2. The minimum atomic E-state index is -0.639. The summed E-state index contributed by atoms with van der Waals surface area (Å²) >= 11 is 0. The highest BCUT2D eigenvalue weighted by atomic mass is 16.5. The monoisotopic (exact) mass is 302 g/mol. The summed E-state index contributed by atoms with van der Waals surface area (Å²) in [6.45, 7) is 1.82. The van der Waals surface area contributed by atoms with Crippen LogP contribution in [0.3, 0.4) is 0 Å². The lowest BCUT2D eigenvalue weighted by atomic mass is 10.2. The van der Waals surface area contributed by atoms with Crippen LogP contribution >= 0.6 is 0 Å². The van der Waals surface area contributed by atoms with Gasteiger partial charge in [0, 0.05) is 5.69 Å². The lowest BCUT2D eigenvalue weighted by Gasteiger charge is -2.14. The Balaban J connectivity index is 1.91. The van der Waals surface area contributed by atoms with Gasteiger partial charge in [0.15, 0.2) is 5.82 Å². The number of ether oxygens (including phenoxy) is 1. The van der Waals surface area contributed by atoms with E-state index in [9.17, 15) is 14.4 Å². The van der Waals surface area contributed by atoms with Gasteiger partial charge in [-0.3, -0.25) is 9.69 Å². The number of hydrogen-bond acceptors (Lipinski definition) is 5. The number of anilines is 1. The summed E-state index contributed by atoms with van der Waals surface area (Å²) in [4.78, 5) is 37.2. The number of aromatic nitrogens is 3. The molecule has 0 radical (unpaired) electrons. The first-order valence-corrected chi connectivity index (χ1v) is 6.65. The van der Waals surface area contributed by atoms with Crippen LogP contribution in [0.1, 0.15) is 11.4 Å². The van der Waals surface area contributed by atoms with Crippen LogP contribution in [0.5, 0.6) is 0 Å². The summed E-state index contributed by atoms with van der Waals surface area (Å²) in [5.41, 5.74) is 1.13. The van der Waals surface area contributed by atoms with E-state index >= 15 is 0 Å². The van der Waals surface area contributed by atoms with Gasteiger partial charge < -0.3 is 4.74 Å². The van der Waals surface area contributed by atoms with Crippen LogP contribution in [0.4, 0.5) is 10.5 Å². The quantitative estimate of drug-likeness (QED) is 0.771. The Labute approximate surface area is 125 Å². The molecule has 22 heavy (non-hydrogen) atoms. The van der Waals surface area contributed by atoms with Crippen LogP contribution in [-0.2, 0) is 22.6 Å². The molecule has 2 heterocycles. The van der Waals surface area contributed by atoms with Crippen LogP contribution in [0, 0.1) is 6.92 Å². The molecule has 1 aromatic heterocycles. The highest BCUT2D eigenvalue weighted by Gasteiger charge is 2.33. The number of amides is 1. The predicted octanol–water partition coefficient (Wildman–Crippen LogP) is 0.515. The fourth-order valence-electron chi connectivity index (χ4n) is 2.29. The average molecular weight is 302 g/mol. The molecule has 0 aliphatic carbocycles. The molecule has 0 fully saturated rings. The van der Waals surface area contributed by atoms with Gasteiger partial charge in [-0.15, -0.1) is 0 Å². The molecule has 0 saturated carbocycles. The normalized spacial score (nSPS) is 13.4. The molecule has 8 heteroatoms. The molecule has 1 amide bonds. The standard InChI is InChI=1S/C14H14N4O4/c1-9-3-5-10(6-4-9)16-7-11-15-17(8-12(19)22-2)14(21)18(11)13(16)20/h3-6H,7-8H2,1-2H3. The van der Waals surface area contributed by atoms with E-state index in [1.165, 1.54) is 12.0 Å². The van der Waals surface area contributed by atoms with Crippen molar-refractivity contribution in [3.8, 4) is 0 Å². The molecular formula is C14H14N4O4. The number of esters is 1. The van der Waals surface area contributed by atoms with Gasteiger partial charge in [0.05, 0.1) is 13.7 Å². The van der Waals surface area contributed by atoms with Crippen molar-refractivity contribution in [3.05, 3.63) is 46.1 Å². The SMILES string of the molecule is COC(=O)Cn1nc2n(c1=O)C(=O)N(c1ccc(C)cc1)C2. The van der Waals surface area contributed by atoms with E-state index in [0.29, 0.717) is 11.5 Å². The molecule has 8 nitrogen and oxygen atoms in total. The van der Waals surface area contributed by atoms with E-state index in [2.05, 4.69) is 9.84 Å². The summed E-state index contributed by atoms with van der Waals surface area (Å²) in [5, 5.41) is 4.03. The number of aryl methyl sites for hydroxylation is 1. The predicted molar refractivity (Wildman–Crippen MR) is 76.7 cm³/mol. The Morgan fingerprint density at radius 1 is 1.27 bits per heavy atom. The van der Waals surface area contributed by atoms with Crippen LogP contribution in [0.25, 0.3) is 0 Å². The van der Waals surface area contributed by atoms with Gasteiger partial charge in [0.2, 0.25) is 0 Å². The highest BCUT2D eigenvalue weighted by Crippen LogP contribution is 2.22. The molecular weight excluding hydrogens is 288 g/mol. The number of fused-ring (bicyclic) bond motifs is 1. The van der Waals surface area contributed by atoms with Crippen molar-refractivity contribution in [3.63, 3.8) is 0 Å². The van der Waals surface area contributed by atoms with Gasteiger partial charge in [-0.1, -0.05) is 17.7 Å². The lowest BCUT2D eigenvalue weighted by molar-refractivity contribution is -0.141. The van der Waals surface area contributed by atoms with Gasteiger partial charge in [-0.2, -0.15) is 9.67 Å². The molecule has 0 spiro atoms. The van der Waals surface area contributed by atoms with Crippen LogP contribution in [-0.4, -0.2) is 33.5 Å². The molecule has 114 valence electrons. The summed E-state index contributed by atoms with van der Waals surface area (Å²) in [7, 11) is 1.22. The molecule has 1 aliphatic rings. The zero-order valence-corrected chi connectivity index (χ0v) is 12.1. The van der Waals surface area contributed by atoms with Gasteiger partial charge in [-0.25, -0.2) is 14.3 Å². The first-order valence-electron chi connectivity index (χ1n) is 6.65. The van der Waals surface area contributed by atoms with Crippen molar-refractivity contribution < 1.29 is 14.3 Å². The second kappa shape index (κ2) is 5.14. The number of nitrogens with zero attached hydrogens (tertiary/aromatic N) is 4. The number of rotatable bonds is 3. The average Bonchev–Trinajstić information content (AvgIpc) is 2.98. The number of carbonyl (C=O) groups excluding carboxylic acids is 2. The molecule has 0 atom stereocenters. The second-order valence-corrected chi connectivity index (χ2v) is 4.97. The van der Waals surface area contributed by atoms with Gasteiger partial charge in [0.1, 0.15) is 6.54 Å². The smallest absolute Gasteiger partial charge is 0.354 e. The topological polar surface area (TPSA) is 86.4 Å². The van der Waals surface area contributed by atoms with Crippen molar-refractivity contribution in [2.75, 3.05) is 12.0 Å². The Kier molecular flexibility index (Phi) is 3.28. The van der Waals surface area contributed by atoms with E-state index < -0.39 is 17.7 Å². The summed E-state index contributed by atoms with van der Waals surface area (Å²) in [6.07, 6.45) is 0.